The number of rotatable bonds is 3. The molecule has 1 saturated heterocycles. The third kappa shape index (κ3) is 3.29. The first-order valence-electron chi connectivity index (χ1n) is 6.58. The van der Waals surface area contributed by atoms with Crippen molar-refractivity contribution in [1.82, 2.24) is 9.80 Å². The van der Waals surface area contributed by atoms with Crippen molar-refractivity contribution in [2.75, 3.05) is 33.3 Å². The number of likely N-dealkylation sites (N-methyl/N-ethyl adjacent to an activating group) is 1. The summed E-state index contributed by atoms with van der Waals surface area (Å²) in [5.74, 6) is -0.782. The second-order valence-corrected chi connectivity index (χ2v) is 5.43. The van der Waals surface area contributed by atoms with Crippen LogP contribution >= 0.6 is 11.6 Å². The molecular weight excluding hydrogens is 283 g/mol. The second-order valence-electron chi connectivity index (χ2n) is 5.03. The summed E-state index contributed by atoms with van der Waals surface area (Å²) >= 11 is 5.62. The van der Waals surface area contributed by atoms with Gasteiger partial charge in [-0.1, -0.05) is 11.6 Å². The van der Waals surface area contributed by atoms with E-state index in [0.717, 1.165) is 6.54 Å². The molecule has 4 nitrogen and oxygen atoms in total. The van der Waals surface area contributed by atoms with Crippen molar-refractivity contribution in [2.45, 2.75) is 12.5 Å². The van der Waals surface area contributed by atoms with Crippen LogP contribution in [-0.2, 0) is 0 Å². The highest BCUT2D eigenvalue weighted by Gasteiger charge is 2.27. The average molecular weight is 301 g/mol. The molecule has 20 heavy (non-hydrogen) atoms. The van der Waals surface area contributed by atoms with E-state index in [-0.39, 0.29) is 23.6 Å². The van der Waals surface area contributed by atoms with E-state index >= 15 is 0 Å². The van der Waals surface area contributed by atoms with Gasteiger partial charge in [0.15, 0.2) is 0 Å². The second kappa shape index (κ2) is 6.52. The Bertz CT molecular complexity index is 498. The maximum atomic E-state index is 13.4. The standard InChI is InChI=1S/C14H18ClFN2O2/c1-17-5-6-18(9-11(17)4-7-19)14(20)10-2-3-12(15)13(16)8-10/h2-3,8,11,19H,4-7,9H2,1H3/t11-/m1/s1. The third-order valence-electron chi connectivity index (χ3n) is 3.69. The van der Waals surface area contributed by atoms with Crippen LogP contribution in [0.4, 0.5) is 4.39 Å². The lowest BCUT2D eigenvalue weighted by atomic mass is 10.1. The molecular formula is C14H18ClFN2O2. The van der Waals surface area contributed by atoms with E-state index in [2.05, 4.69) is 4.90 Å². The van der Waals surface area contributed by atoms with Gasteiger partial charge in [-0.05, 0) is 31.7 Å². The quantitative estimate of drug-likeness (QED) is 0.922. The number of amides is 1. The number of aliphatic hydroxyl groups excluding tert-OH is 1. The molecule has 0 aliphatic carbocycles. The van der Waals surface area contributed by atoms with Gasteiger partial charge in [0.2, 0.25) is 0 Å². The molecule has 0 spiro atoms. The van der Waals surface area contributed by atoms with Gasteiger partial charge in [-0.2, -0.15) is 0 Å². The smallest absolute Gasteiger partial charge is 0.254 e. The predicted octanol–water partition coefficient (Wildman–Crippen LogP) is 1.62. The van der Waals surface area contributed by atoms with E-state index in [1.54, 1.807) is 4.90 Å². The molecule has 1 fully saturated rings. The van der Waals surface area contributed by atoms with Crippen LogP contribution in [0.15, 0.2) is 18.2 Å². The zero-order valence-corrected chi connectivity index (χ0v) is 12.1. The number of aliphatic hydroxyl groups is 1. The van der Waals surface area contributed by atoms with E-state index in [1.807, 2.05) is 7.05 Å². The molecule has 1 aromatic rings. The van der Waals surface area contributed by atoms with Gasteiger partial charge in [0.05, 0.1) is 5.02 Å². The summed E-state index contributed by atoms with van der Waals surface area (Å²) in [6.07, 6.45) is 0.620. The largest absolute Gasteiger partial charge is 0.396 e. The molecule has 1 aliphatic heterocycles. The molecule has 1 aliphatic rings. The fourth-order valence-corrected chi connectivity index (χ4v) is 2.52. The molecule has 1 N–H and O–H groups in total. The third-order valence-corrected chi connectivity index (χ3v) is 4.00. The summed E-state index contributed by atoms with van der Waals surface area (Å²) in [6.45, 7) is 1.97. The number of carbonyl (C=O) groups excluding carboxylic acids is 1. The molecule has 1 heterocycles. The van der Waals surface area contributed by atoms with Crippen molar-refractivity contribution >= 4 is 17.5 Å². The van der Waals surface area contributed by atoms with Gasteiger partial charge >= 0.3 is 0 Å². The number of piperazine rings is 1. The van der Waals surface area contributed by atoms with Crippen LogP contribution in [0, 0.1) is 5.82 Å². The number of hydrogen-bond donors (Lipinski definition) is 1. The SMILES string of the molecule is CN1CCN(C(=O)c2ccc(Cl)c(F)c2)C[C@H]1CCO. The number of nitrogens with zero attached hydrogens (tertiary/aromatic N) is 2. The van der Waals surface area contributed by atoms with Gasteiger partial charge in [-0.3, -0.25) is 9.69 Å². The number of hydrogen-bond acceptors (Lipinski definition) is 3. The molecule has 1 atom stereocenters. The molecule has 0 saturated carbocycles. The Balaban J connectivity index is 2.10. The highest BCUT2D eigenvalue weighted by Crippen LogP contribution is 2.18. The first-order chi connectivity index (χ1) is 9.52. The van der Waals surface area contributed by atoms with Crippen molar-refractivity contribution < 1.29 is 14.3 Å². The lowest BCUT2D eigenvalue weighted by molar-refractivity contribution is 0.0500. The molecule has 2 rings (SSSR count). The Labute approximate surface area is 122 Å². The Morgan fingerprint density at radius 2 is 2.25 bits per heavy atom. The van der Waals surface area contributed by atoms with Gasteiger partial charge in [0.25, 0.3) is 5.91 Å². The van der Waals surface area contributed by atoms with Gasteiger partial charge in [0, 0.05) is 37.8 Å². The maximum Gasteiger partial charge on any atom is 0.254 e. The molecule has 1 amide bonds. The van der Waals surface area contributed by atoms with Crippen molar-refractivity contribution in [2.24, 2.45) is 0 Å². The van der Waals surface area contributed by atoms with Crippen molar-refractivity contribution in [3.63, 3.8) is 0 Å². The molecule has 0 unspecified atom stereocenters. The molecule has 0 bridgehead atoms. The van der Waals surface area contributed by atoms with Crippen LogP contribution < -0.4 is 0 Å². The maximum absolute atomic E-state index is 13.4. The van der Waals surface area contributed by atoms with Gasteiger partial charge in [0.1, 0.15) is 5.82 Å². The molecule has 0 radical (unpaired) electrons. The van der Waals surface area contributed by atoms with Gasteiger partial charge in [-0.25, -0.2) is 4.39 Å². The van der Waals surface area contributed by atoms with Crippen LogP contribution in [0.1, 0.15) is 16.8 Å². The Kier molecular flexibility index (Phi) is 4.96. The number of halogens is 2. The van der Waals surface area contributed by atoms with E-state index in [4.69, 9.17) is 16.7 Å². The van der Waals surface area contributed by atoms with Crippen molar-refractivity contribution in [3.8, 4) is 0 Å². The number of carbonyl (C=O) groups is 1. The van der Waals surface area contributed by atoms with Crippen LogP contribution in [0.2, 0.25) is 5.02 Å². The zero-order valence-electron chi connectivity index (χ0n) is 11.4. The summed E-state index contributed by atoms with van der Waals surface area (Å²) in [4.78, 5) is 16.2. The van der Waals surface area contributed by atoms with E-state index in [9.17, 15) is 9.18 Å². The van der Waals surface area contributed by atoms with Crippen molar-refractivity contribution in [3.05, 3.63) is 34.6 Å². The monoisotopic (exact) mass is 300 g/mol. The summed E-state index contributed by atoms with van der Waals surface area (Å²) in [5.41, 5.74) is 0.305. The Morgan fingerprint density at radius 1 is 1.50 bits per heavy atom. The lowest BCUT2D eigenvalue weighted by Gasteiger charge is -2.39. The Morgan fingerprint density at radius 3 is 2.90 bits per heavy atom. The highest BCUT2D eigenvalue weighted by molar-refractivity contribution is 6.30. The van der Waals surface area contributed by atoms with Crippen LogP contribution in [-0.4, -0.2) is 60.1 Å². The summed E-state index contributed by atoms with van der Waals surface area (Å²) in [7, 11) is 1.98. The van der Waals surface area contributed by atoms with Gasteiger partial charge in [-0.15, -0.1) is 0 Å². The topological polar surface area (TPSA) is 43.8 Å². The van der Waals surface area contributed by atoms with E-state index < -0.39 is 5.82 Å². The molecule has 6 heteroatoms. The molecule has 1 aromatic carbocycles. The first-order valence-corrected chi connectivity index (χ1v) is 6.96. The van der Waals surface area contributed by atoms with Gasteiger partial charge < -0.3 is 10.0 Å². The Hall–Kier alpha value is -1.17. The van der Waals surface area contributed by atoms with Crippen LogP contribution in [0.5, 0.6) is 0 Å². The summed E-state index contributed by atoms with van der Waals surface area (Å²) in [5, 5.41) is 9.06. The minimum atomic E-state index is -0.585. The summed E-state index contributed by atoms with van der Waals surface area (Å²) < 4.78 is 13.4. The average Bonchev–Trinajstić information content (AvgIpc) is 2.44. The van der Waals surface area contributed by atoms with Crippen molar-refractivity contribution in [1.29, 1.82) is 0 Å². The number of benzene rings is 1. The highest BCUT2D eigenvalue weighted by atomic mass is 35.5. The molecule has 0 aromatic heterocycles. The van der Waals surface area contributed by atoms with Crippen LogP contribution in [0.3, 0.4) is 0 Å². The zero-order chi connectivity index (χ0) is 14.7. The fourth-order valence-electron chi connectivity index (χ4n) is 2.40. The first kappa shape index (κ1) is 15.2. The summed E-state index contributed by atoms with van der Waals surface area (Å²) in [6, 6.07) is 4.23. The van der Waals surface area contributed by atoms with E-state index in [1.165, 1.54) is 18.2 Å². The minimum absolute atomic E-state index is 0.0121. The van der Waals surface area contributed by atoms with Crippen LogP contribution in [0.25, 0.3) is 0 Å². The predicted molar refractivity (Wildman–Crippen MR) is 75.4 cm³/mol. The normalized spacial score (nSPS) is 20.2. The molecule has 110 valence electrons. The fraction of sp³-hybridized carbons (Fsp3) is 0.500. The lowest BCUT2D eigenvalue weighted by Crippen LogP contribution is -2.53. The minimum Gasteiger partial charge on any atom is -0.396 e. The van der Waals surface area contributed by atoms with E-state index in [0.29, 0.717) is 25.1 Å².